The molecular formula is C19H26N2O4. The lowest BCUT2D eigenvalue weighted by Gasteiger charge is -2.31. The molecule has 6 nitrogen and oxygen atoms in total. The highest BCUT2D eigenvalue weighted by molar-refractivity contribution is 6.02. The van der Waals surface area contributed by atoms with Gasteiger partial charge in [-0.25, -0.2) is 4.79 Å². The molecule has 1 fully saturated rings. The summed E-state index contributed by atoms with van der Waals surface area (Å²) in [4.78, 5) is 39.8. The normalized spacial score (nSPS) is 14.9. The molecule has 0 spiro atoms. The zero-order chi connectivity index (χ0) is 18.4. The Morgan fingerprint density at radius 1 is 1.20 bits per heavy atom. The molecule has 1 saturated heterocycles. The highest BCUT2D eigenvalue weighted by Gasteiger charge is 2.23. The molecule has 0 N–H and O–H groups in total. The van der Waals surface area contributed by atoms with E-state index in [0.29, 0.717) is 17.2 Å². The summed E-state index contributed by atoms with van der Waals surface area (Å²) in [5.74, 6) is -0.00647. The maximum Gasteiger partial charge on any atom is 0.339 e. The number of hydrogen-bond donors (Lipinski definition) is 0. The van der Waals surface area contributed by atoms with Crippen LogP contribution in [0.1, 0.15) is 43.5 Å². The van der Waals surface area contributed by atoms with E-state index in [0.717, 1.165) is 25.9 Å². The van der Waals surface area contributed by atoms with E-state index < -0.39 is 5.97 Å². The molecule has 1 heterocycles. The second-order valence-electron chi connectivity index (χ2n) is 6.49. The average molecular weight is 346 g/mol. The molecule has 6 heteroatoms. The molecule has 1 aliphatic rings. The number of methoxy groups -OCH3 is 1. The van der Waals surface area contributed by atoms with Crippen LogP contribution in [0.4, 0.5) is 5.69 Å². The lowest BCUT2D eigenvalue weighted by molar-refractivity contribution is -0.132. The fraction of sp³-hybridized carbons (Fsp3) is 0.526. The van der Waals surface area contributed by atoms with E-state index in [1.54, 1.807) is 24.3 Å². The van der Waals surface area contributed by atoms with Crippen LogP contribution >= 0.6 is 0 Å². The molecule has 0 aromatic heterocycles. The number of benzene rings is 1. The Morgan fingerprint density at radius 2 is 1.84 bits per heavy atom. The molecule has 0 aliphatic carbocycles. The molecule has 0 radical (unpaired) electrons. The molecular weight excluding hydrogens is 320 g/mol. The van der Waals surface area contributed by atoms with Crippen LogP contribution in [0.2, 0.25) is 0 Å². The minimum absolute atomic E-state index is 0.0497. The summed E-state index contributed by atoms with van der Waals surface area (Å²) in [5, 5.41) is 0. The molecule has 0 saturated carbocycles. The average Bonchev–Trinajstić information content (AvgIpc) is 2.61. The van der Waals surface area contributed by atoms with Crippen molar-refractivity contribution in [1.82, 2.24) is 4.90 Å². The summed E-state index contributed by atoms with van der Waals surface area (Å²) >= 11 is 0. The van der Waals surface area contributed by atoms with Gasteiger partial charge in [-0.15, -0.1) is 0 Å². The van der Waals surface area contributed by atoms with Gasteiger partial charge in [0.25, 0.3) is 0 Å². The number of anilines is 1. The number of hydrogen-bond acceptors (Lipinski definition) is 4. The Hall–Kier alpha value is -2.37. The van der Waals surface area contributed by atoms with Crippen LogP contribution in [-0.4, -0.2) is 49.4 Å². The summed E-state index contributed by atoms with van der Waals surface area (Å²) < 4.78 is 4.79. The lowest BCUT2D eigenvalue weighted by atomic mass is 9.99. The second-order valence-corrected chi connectivity index (χ2v) is 6.49. The number of carbonyl (C=O) groups excluding carboxylic acids is 3. The van der Waals surface area contributed by atoms with Crippen molar-refractivity contribution in [1.29, 1.82) is 0 Å². The highest BCUT2D eigenvalue weighted by Crippen LogP contribution is 2.22. The monoisotopic (exact) mass is 346 g/mol. The first-order valence-corrected chi connectivity index (χ1v) is 8.67. The van der Waals surface area contributed by atoms with Gasteiger partial charge < -0.3 is 14.5 Å². The van der Waals surface area contributed by atoms with E-state index in [1.807, 2.05) is 4.90 Å². The van der Waals surface area contributed by atoms with E-state index in [9.17, 15) is 14.4 Å². The van der Waals surface area contributed by atoms with Gasteiger partial charge in [0.15, 0.2) is 0 Å². The third-order valence-corrected chi connectivity index (χ3v) is 4.67. The number of likely N-dealkylation sites (tertiary alicyclic amines) is 1. The molecule has 1 aromatic rings. The van der Waals surface area contributed by atoms with Crippen molar-refractivity contribution in [2.24, 2.45) is 5.92 Å². The maximum absolute atomic E-state index is 12.4. The van der Waals surface area contributed by atoms with Crippen LogP contribution < -0.4 is 4.90 Å². The largest absolute Gasteiger partial charge is 0.465 e. The molecule has 2 amide bonds. The first-order chi connectivity index (χ1) is 11.9. The predicted octanol–water partition coefficient (Wildman–Crippen LogP) is 2.47. The molecule has 25 heavy (non-hydrogen) atoms. The fourth-order valence-corrected chi connectivity index (χ4v) is 3.06. The van der Waals surface area contributed by atoms with E-state index in [-0.39, 0.29) is 24.8 Å². The third kappa shape index (κ3) is 4.81. The van der Waals surface area contributed by atoms with Crippen LogP contribution in [0.5, 0.6) is 0 Å². The van der Waals surface area contributed by atoms with Crippen LogP contribution in [0.3, 0.4) is 0 Å². The lowest BCUT2D eigenvalue weighted by Crippen LogP contribution is -2.40. The third-order valence-electron chi connectivity index (χ3n) is 4.67. The van der Waals surface area contributed by atoms with Gasteiger partial charge in [-0.2, -0.15) is 0 Å². The van der Waals surface area contributed by atoms with Gasteiger partial charge in [0.1, 0.15) is 0 Å². The predicted molar refractivity (Wildman–Crippen MR) is 95.4 cm³/mol. The Kier molecular flexibility index (Phi) is 6.56. The molecule has 0 atom stereocenters. The zero-order valence-corrected chi connectivity index (χ0v) is 15.2. The first-order valence-electron chi connectivity index (χ1n) is 8.67. The quantitative estimate of drug-likeness (QED) is 0.768. The van der Waals surface area contributed by atoms with Crippen LogP contribution in [0.25, 0.3) is 0 Å². The molecule has 2 rings (SSSR count). The first kappa shape index (κ1) is 19.0. The van der Waals surface area contributed by atoms with Gasteiger partial charge in [0.2, 0.25) is 11.8 Å². The Bertz CT molecular complexity index is 636. The van der Waals surface area contributed by atoms with Crippen LogP contribution in [0, 0.1) is 5.92 Å². The number of ether oxygens (including phenoxy) is 1. The van der Waals surface area contributed by atoms with Crippen LogP contribution in [-0.2, 0) is 14.3 Å². The molecule has 136 valence electrons. The van der Waals surface area contributed by atoms with Gasteiger partial charge in [-0.1, -0.05) is 19.1 Å². The summed E-state index contributed by atoms with van der Waals surface area (Å²) in [6, 6.07) is 6.78. The van der Waals surface area contributed by atoms with E-state index in [4.69, 9.17) is 4.74 Å². The van der Waals surface area contributed by atoms with E-state index in [1.165, 1.54) is 18.9 Å². The number of esters is 1. The van der Waals surface area contributed by atoms with Gasteiger partial charge in [0, 0.05) is 33.0 Å². The number of carbonyl (C=O) groups is 3. The minimum Gasteiger partial charge on any atom is -0.465 e. The SMILES string of the molecule is COC(=O)c1ccccc1N(CCC(=O)N1CCC(C)CC1)C(C)=O. The molecule has 0 bridgehead atoms. The van der Waals surface area contributed by atoms with E-state index in [2.05, 4.69) is 6.92 Å². The topological polar surface area (TPSA) is 66.9 Å². The van der Waals surface area contributed by atoms with Crippen molar-refractivity contribution in [2.45, 2.75) is 33.1 Å². The van der Waals surface area contributed by atoms with Crippen molar-refractivity contribution in [2.75, 3.05) is 31.6 Å². The van der Waals surface area contributed by atoms with Crippen molar-refractivity contribution in [3.63, 3.8) is 0 Å². The molecule has 1 aliphatic heterocycles. The fourth-order valence-electron chi connectivity index (χ4n) is 3.06. The maximum atomic E-state index is 12.4. The molecule has 1 aromatic carbocycles. The van der Waals surface area contributed by atoms with Gasteiger partial charge in [-0.3, -0.25) is 9.59 Å². The van der Waals surface area contributed by atoms with Crippen LogP contribution in [0.15, 0.2) is 24.3 Å². The summed E-state index contributed by atoms with van der Waals surface area (Å²) in [7, 11) is 1.30. The zero-order valence-electron chi connectivity index (χ0n) is 15.2. The minimum atomic E-state index is -0.502. The second kappa shape index (κ2) is 8.65. The Labute approximate surface area is 148 Å². The van der Waals surface area contributed by atoms with Crippen molar-refractivity contribution in [3.8, 4) is 0 Å². The summed E-state index contributed by atoms with van der Waals surface area (Å²) in [5.41, 5.74) is 0.793. The smallest absolute Gasteiger partial charge is 0.339 e. The standard InChI is InChI=1S/C19H26N2O4/c1-14-8-11-20(12-9-14)18(23)10-13-21(15(2)22)17-7-5-4-6-16(17)19(24)25-3/h4-7,14H,8-13H2,1-3H3. The number of piperidine rings is 1. The van der Waals surface area contributed by atoms with Crippen molar-refractivity contribution < 1.29 is 19.1 Å². The number of nitrogens with zero attached hydrogens (tertiary/aromatic N) is 2. The number of amides is 2. The summed E-state index contributed by atoms with van der Waals surface area (Å²) in [6.07, 6.45) is 2.28. The van der Waals surface area contributed by atoms with Gasteiger partial charge >= 0.3 is 5.97 Å². The highest BCUT2D eigenvalue weighted by atomic mass is 16.5. The van der Waals surface area contributed by atoms with Gasteiger partial charge in [0.05, 0.1) is 18.4 Å². The van der Waals surface area contributed by atoms with Crippen molar-refractivity contribution in [3.05, 3.63) is 29.8 Å². The molecule has 0 unspecified atom stereocenters. The Morgan fingerprint density at radius 3 is 2.44 bits per heavy atom. The van der Waals surface area contributed by atoms with Gasteiger partial charge in [-0.05, 0) is 30.9 Å². The van der Waals surface area contributed by atoms with Crippen molar-refractivity contribution >= 4 is 23.5 Å². The van der Waals surface area contributed by atoms with E-state index >= 15 is 0 Å². The number of para-hydroxylation sites is 1. The Balaban J connectivity index is 2.08. The number of rotatable bonds is 5. The summed E-state index contributed by atoms with van der Waals surface area (Å²) in [6.45, 7) is 5.43.